The Morgan fingerprint density at radius 1 is 1.25 bits per heavy atom. The third-order valence-electron chi connectivity index (χ3n) is 2.17. The summed E-state index contributed by atoms with van der Waals surface area (Å²) in [5.41, 5.74) is 1.13. The Morgan fingerprint density at radius 3 is 2.44 bits per heavy atom. The van der Waals surface area contributed by atoms with Crippen LogP contribution in [0, 0.1) is 5.92 Å². The molecule has 0 aromatic heterocycles. The minimum atomic E-state index is 0.159. The van der Waals surface area contributed by atoms with Crippen molar-refractivity contribution in [1.82, 2.24) is 0 Å². The summed E-state index contributed by atoms with van der Waals surface area (Å²) in [6.07, 6.45) is 0.159. The Hall–Kier alpha value is -1.18. The van der Waals surface area contributed by atoms with Gasteiger partial charge in [0.25, 0.3) is 0 Å². The second kappa shape index (κ2) is 5.78. The average Bonchev–Trinajstić information content (AvgIpc) is 2.19. The lowest BCUT2D eigenvalue weighted by atomic mass is 10.0. The Kier molecular flexibility index (Phi) is 4.66. The van der Waals surface area contributed by atoms with Crippen LogP contribution in [0.15, 0.2) is 18.2 Å². The van der Waals surface area contributed by atoms with Crippen molar-refractivity contribution in [3.8, 4) is 11.5 Å². The first kappa shape index (κ1) is 12.9. The van der Waals surface area contributed by atoms with Gasteiger partial charge in [0.15, 0.2) is 11.5 Å². The first-order chi connectivity index (χ1) is 7.56. The Bertz CT molecular complexity index is 330. The molecule has 0 aliphatic rings. The predicted octanol–water partition coefficient (Wildman–Crippen LogP) is 3.83. The van der Waals surface area contributed by atoms with Crippen LogP contribution in [0.5, 0.6) is 11.5 Å². The number of para-hydroxylation sites is 1. The lowest BCUT2D eigenvalue weighted by molar-refractivity contribution is 0.223. The molecule has 0 atom stereocenters. The van der Waals surface area contributed by atoms with Gasteiger partial charge in [0, 0.05) is 11.5 Å². The monoisotopic (exact) mass is 221 g/mol. The van der Waals surface area contributed by atoms with Gasteiger partial charge >= 0.3 is 0 Å². The molecule has 0 aliphatic carbocycles. The molecule has 0 saturated heterocycles. The SMILES string of the molecule is CCOc1c(OC(C)C)cccc1[C](C)C. The number of benzene rings is 1. The topological polar surface area (TPSA) is 18.5 Å². The second-order valence-corrected chi connectivity index (χ2v) is 4.23. The molecule has 1 aromatic carbocycles. The number of ether oxygens (including phenoxy) is 2. The van der Waals surface area contributed by atoms with Crippen LogP contribution in [0.2, 0.25) is 0 Å². The van der Waals surface area contributed by atoms with Crippen LogP contribution in [-0.4, -0.2) is 12.7 Å². The second-order valence-electron chi connectivity index (χ2n) is 4.23. The molecule has 0 bridgehead atoms. The van der Waals surface area contributed by atoms with Gasteiger partial charge in [-0.1, -0.05) is 26.0 Å². The summed E-state index contributed by atoms with van der Waals surface area (Å²) in [4.78, 5) is 0. The van der Waals surface area contributed by atoms with E-state index in [4.69, 9.17) is 9.47 Å². The molecular weight excluding hydrogens is 200 g/mol. The maximum absolute atomic E-state index is 5.75. The van der Waals surface area contributed by atoms with Gasteiger partial charge in [-0.15, -0.1) is 0 Å². The van der Waals surface area contributed by atoms with Crippen LogP contribution in [0.25, 0.3) is 0 Å². The minimum Gasteiger partial charge on any atom is -0.490 e. The van der Waals surface area contributed by atoms with Crippen LogP contribution in [0.3, 0.4) is 0 Å². The van der Waals surface area contributed by atoms with E-state index in [0.29, 0.717) is 6.61 Å². The van der Waals surface area contributed by atoms with Crippen molar-refractivity contribution in [2.24, 2.45) is 0 Å². The summed E-state index contributed by atoms with van der Waals surface area (Å²) in [5.74, 6) is 2.92. The molecule has 0 aliphatic heterocycles. The normalized spacial score (nSPS) is 10.9. The summed E-state index contributed by atoms with van der Waals surface area (Å²) in [7, 11) is 0. The zero-order valence-corrected chi connectivity index (χ0v) is 10.8. The van der Waals surface area contributed by atoms with Gasteiger partial charge in [-0.25, -0.2) is 0 Å². The molecule has 0 N–H and O–H groups in total. The third-order valence-corrected chi connectivity index (χ3v) is 2.17. The molecule has 1 rings (SSSR count). The van der Waals surface area contributed by atoms with Crippen LogP contribution in [0.4, 0.5) is 0 Å². The smallest absolute Gasteiger partial charge is 0.164 e. The van der Waals surface area contributed by atoms with Gasteiger partial charge in [0.2, 0.25) is 0 Å². The first-order valence-corrected chi connectivity index (χ1v) is 5.79. The van der Waals surface area contributed by atoms with E-state index in [2.05, 4.69) is 19.9 Å². The largest absolute Gasteiger partial charge is 0.490 e. The molecule has 2 heteroatoms. The van der Waals surface area contributed by atoms with E-state index in [9.17, 15) is 0 Å². The molecule has 0 amide bonds. The van der Waals surface area contributed by atoms with Gasteiger partial charge < -0.3 is 9.47 Å². The number of hydrogen-bond acceptors (Lipinski definition) is 2. The molecule has 16 heavy (non-hydrogen) atoms. The average molecular weight is 221 g/mol. The van der Waals surface area contributed by atoms with E-state index in [1.807, 2.05) is 32.9 Å². The van der Waals surface area contributed by atoms with Gasteiger partial charge in [-0.3, -0.25) is 0 Å². The summed E-state index contributed by atoms with van der Waals surface area (Å²) in [6.45, 7) is 10.8. The van der Waals surface area contributed by atoms with Crippen molar-refractivity contribution in [3.05, 3.63) is 29.7 Å². The molecule has 0 saturated carbocycles. The van der Waals surface area contributed by atoms with E-state index >= 15 is 0 Å². The summed E-state index contributed by atoms with van der Waals surface area (Å²) < 4.78 is 11.4. The van der Waals surface area contributed by atoms with Crippen molar-refractivity contribution in [2.75, 3.05) is 6.61 Å². The Balaban J connectivity index is 3.10. The van der Waals surface area contributed by atoms with Crippen LogP contribution >= 0.6 is 0 Å². The van der Waals surface area contributed by atoms with Gasteiger partial charge in [-0.05, 0) is 26.8 Å². The summed E-state index contributed by atoms with van der Waals surface area (Å²) >= 11 is 0. The molecule has 2 nitrogen and oxygen atoms in total. The summed E-state index contributed by atoms with van der Waals surface area (Å²) in [6, 6.07) is 6.02. The predicted molar refractivity (Wildman–Crippen MR) is 67.1 cm³/mol. The molecule has 0 unspecified atom stereocenters. The molecule has 1 radical (unpaired) electrons. The van der Waals surface area contributed by atoms with E-state index in [1.165, 1.54) is 5.92 Å². The molecule has 0 spiro atoms. The maximum Gasteiger partial charge on any atom is 0.164 e. The first-order valence-electron chi connectivity index (χ1n) is 5.79. The Labute approximate surface area is 98.6 Å². The maximum atomic E-state index is 5.75. The molecule has 0 heterocycles. The van der Waals surface area contributed by atoms with Crippen molar-refractivity contribution in [1.29, 1.82) is 0 Å². The van der Waals surface area contributed by atoms with Crippen LogP contribution in [-0.2, 0) is 0 Å². The van der Waals surface area contributed by atoms with E-state index in [1.54, 1.807) is 0 Å². The molecule has 0 fully saturated rings. The van der Waals surface area contributed by atoms with Gasteiger partial charge in [0.05, 0.1) is 12.7 Å². The van der Waals surface area contributed by atoms with Crippen molar-refractivity contribution in [2.45, 2.75) is 40.7 Å². The van der Waals surface area contributed by atoms with Crippen molar-refractivity contribution >= 4 is 0 Å². The highest BCUT2D eigenvalue weighted by atomic mass is 16.5. The molecule has 1 aromatic rings. The van der Waals surface area contributed by atoms with Gasteiger partial charge in [0.1, 0.15) is 0 Å². The lowest BCUT2D eigenvalue weighted by Gasteiger charge is -2.18. The van der Waals surface area contributed by atoms with Crippen molar-refractivity contribution in [3.63, 3.8) is 0 Å². The standard InChI is InChI=1S/C14H21O2/c1-6-15-14-12(10(2)3)8-7-9-13(14)16-11(4)5/h7-9,11H,6H2,1-5H3. The zero-order chi connectivity index (χ0) is 12.1. The number of hydrogen-bond donors (Lipinski definition) is 0. The van der Waals surface area contributed by atoms with E-state index < -0.39 is 0 Å². The lowest BCUT2D eigenvalue weighted by Crippen LogP contribution is -2.09. The Morgan fingerprint density at radius 2 is 1.94 bits per heavy atom. The summed E-state index contributed by atoms with van der Waals surface area (Å²) in [5, 5.41) is 0. The fourth-order valence-corrected chi connectivity index (χ4v) is 1.55. The molecular formula is C14H21O2. The van der Waals surface area contributed by atoms with Gasteiger partial charge in [-0.2, -0.15) is 0 Å². The highest BCUT2D eigenvalue weighted by molar-refractivity contribution is 5.51. The third kappa shape index (κ3) is 3.16. The van der Waals surface area contributed by atoms with E-state index in [-0.39, 0.29) is 6.10 Å². The van der Waals surface area contributed by atoms with E-state index in [0.717, 1.165) is 17.1 Å². The fourth-order valence-electron chi connectivity index (χ4n) is 1.55. The van der Waals surface area contributed by atoms with Crippen LogP contribution < -0.4 is 9.47 Å². The minimum absolute atomic E-state index is 0.159. The highest BCUT2D eigenvalue weighted by Crippen LogP contribution is 2.35. The highest BCUT2D eigenvalue weighted by Gasteiger charge is 2.14. The number of rotatable bonds is 5. The van der Waals surface area contributed by atoms with Crippen LogP contribution in [0.1, 0.15) is 40.2 Å². The van der Waals surface area contributed by atoms with Crippen molar-refractivity contribution < 1.29 is 9.47 Å². The fraction of sp³-hybridized carbons (Fsp3) is 0.500. The quantitative estimate of drug-likeness (QED) is 0.752. The zero-order valence-electron chi connectivity index (χ0n) is 10.8. The molecule has 89 valence electrons.